The highest BCUT2D eigenvalue weighted by Crippen LogP contribution is 2.11. The number of hydrogen-bond donors (Lipinski definition) is 3. The molecule has 3 N–H and O–H groups in total. The first kappa shape index (κ1) is 23.6. The van der Waals surface area contributed by atoms with Gasteiger partial charge in [0.2, 0.25) is 5.91 Å². The van der Waals surface area contributed by atoms with Gasteiger partial charge in [0, 0.05) is 30.3 Å². The molecular formula is C23H27N3O5. The topological polar surface area (TPSA) is 114 Å². The first-order valence-corrected chi connectivity index (χ1v) is 10.0. The third-order valence-corrected chi connectivity index (χ3v) is 4.21. The van der Waals surface area contributed by atoms with E-state index >= 15 is 0 Å². The number of Topliss-reactive ketones (excluding diaryl/α,β-unsaturated/α-hetero) is 1. The van der Waals surface area contributed by atoms with Gasteiger partial charge in [0.25, 0.3) is 0 Å². The van der Waals surface area contributed by atoms with Crippen molar-refractivity contribution in [3.05, 3.63) is 65.2 Å². The summed E-state index contributed by atoms with van der Waals surface area (Å²) in [5.74, 6) is -1.08. The van der Waals surface area contributed by atoms with Crippen LogP contribution in [0.4, 0.5) is 10.5 Å². The van der Waals surface area contributed by atoms with Crippen LogP contribution >= 0.6 is 0 Å². The fourth-order valence-electron chi connectivity index (χ4n) is 2.54. The van der Waals surface area contributed by atoms with Crippen LogP contribution in [0.1, 0.15) is 53.5 Å². The number of benzene rings is 2. The highest BCUT2D eigenvalue weighted by Gasteiger charge is 2.12. The van der Waals surface area contributed by atoms with Crippen LogP contribution in [-0.4, -0.2) is 36.3 Å². The number of urea groups is 1. The van der Waals surface area contributed by atoms with Gasteiger partial charge < -0.3 is 20.7 Å². The summed E-state index contributed by atoms with van der Waals surface area (Å²) < 4.78 is 5.10. The van der Waals surface area contributed by atoms with Crippen molar-refractivity contribution in [3.8, 4) is 0 Å². The number of amides is 3. The van der Waals surface area contributed by atoms with Crippen LogP contribution in [0.3, 0.4) is 0 Å². The third kappa shape index (κ3) is 7.93. The first-order chi connectivity index (χ1) is 14.8. The fraction of sp³-hybridized carbons (Fsp3) is 0.304. The Morgan fingerprint density at radius 2 is 1.52 bits per heavy atom. The van der Waals surface area contributed by atoms with Crippen LogP contribution in [0.15, 0.2) is 48.5 Å². The molecule has 0 aliphatic carbocycles. The lowest BCUT2D eigenvalue weighted by Gasteiger charge is -2.10. The van der Waals surface area contributed by atoms with Crippen LogP contribution in [0.2, 0.25) is 0 Å². The summed E-state index contributed by atoms with van der Waals surface area (Å²) in [4.78, 5) is 47.4. The van der Waals surface area contributed by atoms with Gasteiger partial charge in [0.1, 0.15) is 0 Å². The molecule has 0 aliphatic rings. The van der Waals surface area contributed by atoms with E-state index in [-0.39, 0.29) is 23.8 Å². The van der Waals surface area contributed by atoms with Gasteiger partial charge in [-0.3, -0.25) is 9.59 Å². The first-order valence-electron chi connectivity index (χ1n) is 10.0. The van der Waals surface area contributed by atoms with Crippen LogP contribution in [0, 0.1) is 0 Å². The molecule has 0 bridgehead atoms. The molecule has 0 atom stereocenters. The fourth-order valence-corrected chi connectivity index (χ4v) is 2.54. The number of nitrogens with one attached hydrogen (secondary N) is 3. The Hall–Kier alpha value is -3.68. The van der Waals surface area contributed by atoms with Crippen molar-refractivity contribution in [2.24, 2.45) is 0 Å². The molecule has 0 unspecified atom stereocenters. The van der Waals surface area contributed by atoms with Crippen molar-refractivity contribution in [1.82, 2.24) is 10.6 Å². The van der Waals surface area contributed by atoms with Crippen LogP contribution in [-0.2, 0) is 16.1 Å². The Bertz CT molecular complexity index is 921. The Morgan fingerprint density at radius 1 is 0.903 bits per heavy atom. The molecule has 8 heteroatoms. The number of ketones is 1. The molecular weight excluding hydrogens is 398 g/mol. The number of hydrogen-bond acceptors (Lipinski definition) is 5. The Kier molecular flexibility index (Phi) is 8.75. The molecule has 31 heavy (non-hydrogen) atoms. The van der Waals surface area contributed by atoms with E-state index in [9.17, 15) is 19.2 Å². The van der Waals surface area contributed by atoms with Gasteiger partial charge in [-0.25, -0.2) is 9.59 Å². The lowest BCUT2D eigenvalue weighted by Crippen LogP contribution is -2.39. The SMILES string of the molecule is CCC(=O)Nc1ccc(C(=O)COC(=O)c2ccc(CNC(=O)NC(C)C)cc2)cc1. The summed E-state index contributed by atoms with van der Waals surface area (Å²) in [5, 5.41) is 8.14. The van der Waals surface area contributed by atoms with E-state index in [1.165, 1.54) is 0 Å². The molecule has 3 amide bonds. The molecule has 0 aliphatic heterocycles. The minimum Gasteiger partial charge on any atom is -0.454 e. The highest BCUT2D eigenvalue weighted by molar-refractivity contribution is 6.00. The molecule has 0 heterocycles. The van der Waals surface area contributed by atoms with Crippen LogP contribution < -0.4 is 16.0 Å². The standard InChI is InChI=1S/C23H27N3O5/c1-4-21(28)26-19-11-9-17(10-12-19)20(27)14-31-22(29)18-7-5-16(6-8-18)13-24-23(30)25-15(2)3/h5-12,15H,4,13-14H2,1-3H3,(H,26,28)(H2,24,25,30). The van der Waals surface area contributed by atoms with Crippen LogP contribution in [0.25, 0.3) is 0 Å². The normalized spacial score (nSPS) is 10.3. The molecule has 164 valence electrons. The zero-order valence-electron chi connectivity index (χ0n) is 17.9. The molecule has 2 rings (SSSR count). The van der Waals surface area contributed by atoms with Gasteiger partial charge in [-0.15, -0.1) is 0 Å². The summed E-state index contributed by atoms with van der Waals surface area (Å²) in [6, 6.07) is 12.7. The summed E-state index contributed by atoms with van der Waals surface area (Å²) in [6.45, 7) is 5.41. The number of rotatable bonds is 9. The number of ether oxygens (including phenoxy) is 1. The predicted octanol–water partition coefficient (Wildman–Crippen LogP) is 3.28. The van der Waals surface area contributed by atoms with E-state index in [2.05, 4.69) is 16.0 Å². The van der Waals surface area contributed by atoms with Gasteiger partial charge in [0.05, 0.1) is 5.56 Å². The second kappa shape index (κ2) is 11.5. The Balaban J connectivity index is 1.83. The van der Waals surface area contributed by atoms with Crippen molar-refractivity contribution >= 4 is 29.4 Å². The predicted molar refractivity (Wildman–Crippen MR) is 117 cm³/mol. The summed E-state index contributed by atoms with van der Waals surface area (Å²) in [6.07, 6.45) is 0.363. The average Bonchev–Trinajstić information content (AvgIpc) is 2.76. The van der Waals surface area contributed by atoms with Gasteiger partial charge in [-0.1, -0.05) is 19.1 Å². The average molecular weight is 425 g/mol. The molecule has 8 nitrogen and oxygen atoms in total. The molecule has 0 saturated heterocycles. The van der Waals surface area contributed by atoms with Crippen molar-refractivity contribution < 1.29 is 23.9 Å². The molecule has 2 aromatic carbocycles. The molecule has 0 aromatic heterocycles. The Labute approximate surface area is 181 Å². The van der Waals surface area contributed by atoms with Crippen molar-refractivity contribution in [3.63, 3.8) is 0 Å². The van der Waals surface area contributed by atoms with Gasteiger partial charge in [-0.2, -0.15) is 0 Å². The smallest absolute Gasteiger partial charge is 0.338 e. The maximum Gasteiger partial charge on any atom is 0.338 e. The van der Waals surface area contributed by atoms with Gasteiger partial charge in [-0.05, 0) is 55.8 Å². The molecule has 0 saturated carbocycles. The summed E-state index contributed by atoms with van der Waals surface area (Å²) >= 11 is 0. The van der Waals surface area contributed by atoms with E-state index < -0.39 is 12.6 Å². The van der Waals surface area contributed by atoms with E-state index in [0.717, 1.165) is 5.56 Å². The second-order valence-corrected chi connectivity index (χ2v) is 7.16. The zero-order chi connectivity index (χ0) is 22.8. The van der Waals surface area contributed by atoms with Crippen molar-refractivity contribution in [1.29, 1.82) is 0 Å². The maximum atomic E-state index is 12.2. The third-order valence-electron chi connectivity index (χ3n) is 4.21. The lowest BCUT2D eigenvalue weighted by molar-refractivity contribution is -0.115. The maximum absolute atomic E-state index is 12.2. The van der Waals surface area contributed by atoms with E-state index in [1.54, 1.807) is 55.5 Å². The molecule has 0 fully saturated rings. The van der Waals surface area contributed by atoms with Crippen molar-refractivity contribution in [2.75, 3.05) is 11.9 Å². The quantitative estimate of drug-likeness (QED) is 0.421. The summed E-state index contributed by atoms with van der Waals surface area (Å²) in [5.41, 5.74) is 2.10. The zero-order valence-corrected chi connectivity index (χ0v) is 17.9. The van der Waals surface area contributed by atoms with E-state index in [1.807, 2.05) is 13.8 Å². The molecule has 0 spiro atoms. The summed E-state index contributed by atoms with van der Waals surface area (Å²) in [7, 11) is 0. The minimum atomic E-state index is -0.614. The number of esters is 1. The largest absolute Gasteiger partial charge is 0.454 e. The molecule has 0 radical (unpaired) electrons. The number of carbonyl (C=O) groups excluding carboxylic acids is 4. The highest BCUT2D eigenvalue weighted by atomic mass is 16.5. The Morgan fingerprint density at radius 3 is 2.10 bits per heavy atom. The second-order valence-electron chi connectivity index (χ2n) is 7.16. The van der Waals surface area contributed by atoms with Crippen molar-refractivity contribution in [2.45, 2.75) is 39.8 Å². The number of anilines is 1. The van der Waals surface area contributed by atoms with E-state index in [0.29, 0.717) is 29.8 Å². The molecule has 2 aromatic rings. The van der Waals surface area contributed by atoms with Crippen LogP contribution in [0.5, 0.6) is 0 Å². The van der Waals surface area contributed by atoms with E-state index in [4.69, 9.17) is 4.74 Å². The minimum absolute atomic E-state index is 0.0414. The van der Waals surface area contributed by atoms with Gasteiger partial charge >= 0.3 is 12.0 Å². The monoisotopic (exact) mass is 425 g/mol. The lowest BCUT2D eigenvalue weighted by atomic mass is 10.1. The number of carbonyl (C=O) groups is 4. The van der Waals surface area contributed by atoms with Gasteiger partial charge in [0.15, 0.2) is 12.4 Å².